The molecule has 0 aliphatic heterocycles. The Labute approximate surface area is 113 Å². The maximum Gasteiger partial charge on any atom is 0.272 e. The molecule has 3 rings (SSSR count). The van der Waals surface area contributed by atoms with Crippen LogP contribution >= 0.6 is 22.6 Å². The van der Waals surface area contributed by atoms with Crippen molar-refractivity contribution in [2.75, 3.05) is 0 Å². The summed E-state index contributed by atoms with van der Waals surface area (Å²) in [6, 6.07) is 1.69. The molecule has 5 heteroatoms. The van der Waals surface area contributed by atoms with Crippen molar-refractivity contribution in [1.82, 2.24) is 14.6 Å². The fourth-order valence-electron chi connectivity index (χ4n) is 2.57. The van der Waals surface area contributed by atoms with Gasteiger partial charge < -0.3 is 0 Å². The van der Waals surface area contributed by atoms with E-state index in [4.69, 9.17) is 0 Å². The lowest BCUT2D eigenvalue weighted by Gasteiger charge is -2.07. The molecular formula is C12H14IN3O. The topological polar surface area (TPSA) is 50.2 Å². The van der Waals surface area contributed by atoms with Crippen molar-refractivity contribution in [1.29, 1.82) is 0 Å². The van der Waals surface area contributed by atoms with Gasteiger partial charge in [-0.15, -0.1) is 0 Å². The minimum Gasteiger partial charge on any atom is -0.293 e. The third kappa shape index (κ3) is 1.80. The van der Waals surface area contributed by atoms with Gasteiger partial charge in [-0.2, -0.15) is 0 Å². The Bertz CT molecular complexity index is 622. The summed E-state index contributed by atoms with van der Waals surface area (Å²) in [5, 5.41) is 3.05. The summed E-state index contributed by atoms with van der Waals surface area (Å²) >= 11 is 2.24. The lowest BCUT2D eigenvalue weighted by molar-refractivity contribution is 0.690. The first kappa shape index (κ1) is 11.3. The number of fused-ring (bicyclic) bond motifs is 1. The molecule has 2 aromatic heterocycles. The minimum atomic E-state index is 0.00270. The number of H-pyrrole nitrogens is 1. The molecule has 0 bridgehead atoms. The van der Waals surface area contributed by atoms with Crippen molar-refractivity contribution in [2.24, 2.45) is 0 Å². The van der Waals surface area contributed by atoms with Gasteiger partial charge in [-0.05, 0) is 42.4 Å². The Morgan fingerprint density at radius 2 is 2.18 bits per heavy atom. The van der Waals surface area contributed by atoms with Crippen molar-refractivity contribution in [3.05, 3.63) is 31.4 Å². The molecule has 4 nitrogen and oxygen atoms in total. The van der Waals surface area contributed by atoms with Crippen LogP contribution in [-0.2, 0) is 0 Å². The number of nitrogens with zero attached hydrogens (tertiary/aromatic N) is 2. The van der Waals surface area contributed by atoms with Crippen molar-refractivity contribution in [3.8, 4) is 0 Å². The van der Waals surface area contributed by atoms with Gasteiger partial charge in [0.05, 0.1) is 9.26 Å². The predicted octanol–water partition coefficient (Wildman–Crippen LogP) is 2.59. The second-order valence-electron chi connectivity index (χ2n) is 4.71. The Morgan fingerprint density at radius 1 is 1.47 bits per heavy atom. The fraction of sp³-hybridized carbons (Fsp3) is 0.500. The molecule has 1 N–H and O–H groups in total. The number of aryl methyl sites for hydroxylation is 1. The van der Waals surface area contributed by atoms with Crippen LogP contribution in [-0.4, -0.2) is 14.6 Å². The fourth-order valence-corrected chi connectivity index (χ4v) is 3.05. The van der Waals surface area contributed by atoms with Crippen LogP contribution in [0.4, 0.5) is 0 Å². The van der Waals surface area contributed by atoms with E-state index in [0.717, 1.165) is 20.6 Å². The average Bonchev–Trinajstić information content (AvgIpc) is 2.91. The number of hydrogen-bond donors (Lipinski definition) is 1. The zero-order valence-corrected chi connectivity index (χ0v) is 11.8. The highest BCUT2D eigenvalue weighted by molar-refractivity contribution is 14.1. The van der Waals surface area contributed by atoms with Gasteiger partial charge in [-0.1, -0.05) is 12.8 Å². The van der Waals surface area contributed by atoms with E-state index in [1.807, 2.05) is 6.92 Å². The third-order valence-corrected chi connectivity index (χ3v) is 4.81. The van der Waals surface area contributed by atoms with Crippen LogP contribution in [0.1, 0.15) is 43.0 Å². The minimum absolute atomic E-state index is 0.00270. The number of aromatic amines is 1. The maximum atomic E-state index is 12.0. The Kier molecular flexibility index (Phi) is 2.72. The van der Waals surface area contributed by atoms with Crippen LogP contribution in [0.3, 0.4) is 0 Å². The summed E-state index contributed by atoms with van der Waals surface area (Å²) in [5.41, 5.74) is 2.75. The zero-order valence-electron chi connectivity index (χ0n) is 9.66. The lowest BCUT2D eigenvalue weighted by atomic mass is 10.0. The van der Waals surface area contributed by atoms with E-state index in [1.54, 1.807) is 6.07 Å². The van der Waals surface area contributed by atoms with Crippen LogP contribution in [0.5, 0.6) is 0 Å². The second kappa shape index (κ2) is 4.12. The highest BCUT2D eigenvalue weighted by atomic mass is 127. The third-order valence-electron chi connectivity index (χ3n) is 3.52. The van der Waals surface area contributed by atoms with E-state index >= 15 is 0 Å². The van der Waals surface area contributed by atoms with Gasteiger partial charge in [0, 0.05) is 17.7 Å². The summed E-state index contributed by atoms with van der Waals surface area (Å²) in [4.78, 5) is 16.7. The highest BCUT2D eigenvalue weighted by Gasteiger charge is 2.20. The molecule has 2 heterocycles. The molecule has 1 aliphatic rings. The molecule has 1 aliphatic carbocycles. The quantitative estimate of drug-likeness (QED) is 0.810. The van der Waals surface area contributed by atoms with E-state index < -0.39 is 0 Å². The van der Waals surface area contributed by atoms with Crippen molar-refractivity contribution in [3.63, 3.8) is 0 Å². The first-order valence-corrected chi connectivity index (χ1v) is 7.02. The van der Waals surface area contributed by atoms with Gasteiger partial charge in [0.25, 0.3) is 5.56 Å². The summed E-state index contributed by atoms with van der Waals surface area (Å²) in [5.74, 6) is 0.485. The van der Waals surface area contributed by atoms with Crippen LogP contribution < -0.4 is 5.56 Å². The highest BCUT2D eigenvalue weighted by Crippen LogP contribution is 2.32. The van der Waals surface area contributed by atoms with Gasteiger partial charge in [0.15, 0.2) is 5.65 Å². The molecule has 0 saturated heterocycles. The molecule has 1 fully saturated rings. The van der Waals surface area contributed by atoms with E-state index in [-0.39, 0.29) is 5.56 Å². The first-order valence-electron chi connectivity index (χ1n) is 5.94. The van der Waals surface area contributed by atoms with Crippen molar-refractivity contribution in [2.45, 2.75) is 38.5 Å². The molecular weight excluding hydrogens is 329 g/mol. The second-order valence-corrected chi connectivity index (χ2v) is 5.79. The summed E-state index contributed by atoms with van der Waals surface area (Å²) in [7, 11) is 0. The number of hydrogen-bond acceptors (Lipinski definition) is 2. The van der Waals surface area contributed by atoms with Gasteiger partial charge in [-0.3, -0.25) is 9.89 Å². The lowest BCUT2D eigenvalue weighted by Crippen LogP contribution is -2.16. The molecule has 2 aromatic rings. The van der Waals surface area contributed by atoms with Crippen LogP contribution in [0, 0.1) is 10.5 Å². The first-order chi connectivity index (χ1) is 8.16. The van der Waals surface area contributed by atoms with Crippen molar-refractivity contribution >= 4 is 28.2 Å². The Balaban J connectivity index is 2.21. The molecule has 90 valence electrons. The van der Waals surface area contributed by atoms with E-state index in [9.17, 15) is 4.79 Å². The molecule has 17 heavy (non-hydrogen) atoms. The summed E-state index contributed by atoms with van der Waals surface area (Å²) in [6.07, 6.45) is 4.86. The standard InChI is InChI=1S/C12H14IN3O/c1-7-11(13)12-14-9(8-4-2-3-5-8)6-10(17)16(12)15-7/h6,8,15H,2-5H2,1H3. The summed E-state index contributed by atoms with van der Waals surface area (Å²) in [6.45, 7) is 1.96. The number of nitrogens with one attached hydrogen (secondary N) is 1. The maximum absolute atomic E-state index is 12.0. The molecule has 0 unspecified atom stereocenters. The molecule has 0 atom stereocenters. The molecule has 1 saturated carbocycles. The Hall–Kier alpha value is -0.850. The average molecular weight is 343 g/mol. The predicted molar refractivity (Wildman–Crippen MR) is 74.5 cm³/mol. The molecule has 0 amide bonds. The number of rotatable bonds is 1. The van der Waals surface area contributed by atoms with E-state index in [2.05, 4.69) is 32.7 Å². The molecule has 0 aromatic carbocycles. The van der Waals surface area contributed by atoms with Crippen LogP contribution in [0.2, 0.25) is 0 Å². The van der Waals surface area contributed by atoms with E-state index in [0.29, 0.717) is 5.92 Å². The monoisotopic (exact) mass is 343 g/mol. The molecule has 0 spiro atoms. The summed E-state index contributed by atoms with van der Waals surface area (Å²) < 4.78 is 2.58. The van der Waals surface area contributed by atoms with E-state index in [1.165, 1.54) is 30.2 Å². The number of aromatic nitrogens is 3. The van der Waals surface area contributed by atoms with Gasteiger partial charge in [-0.25, -0.2) is 9.50 Å². The zero-order chi connectivity index (χ0) is 12.0. The molecule has 0 radical (unpaired) electrons. The normalized spacial score (nSPS) is 17.1. The number of halogens is 1. The smallest absolute Gasteiger partial charge is 0.272 e. The van der Waals surface area contributed by atoms with Crippen molar-refractivity contribution < 1.29 is 0 Å². The van der Waals surface area contributed by atoms with Crippen LogP contribution in [0.15, 0.2) is 10.9 Å². The van der Waals surface area contributed by atoms with Gasteiger partial charge in [0.1, 0.15) is 0 Å². The van der Waals surface area contributed by atoms with Gasteiger partial charge in [0.2, 0.25) is 0 Å². The largest absolute Gasteiger partial charge is 0.293 e. The Morgan fingerprint density at radius 3 is 2.88 bits per heavy atom. The van der Waals surface area contributed by atoms with Crippen LogP contribution in [0.25, 0.3) is 5.65 Å². The van der Waals surface area contributed by atoms with Gasteiger partial charge >= 0.3 is 0 Å². The SMILES string of the molecule is Cc1[nH]n2c(=O)cc(C3CCCC3)nc2c1I.